The van der Waals surface area contributed by atoms with Crippen LogP contribution in [0.1, 0.15) is 188 Å². The number of rotatable bonds is 31. The zero-order valence-corrected chi connectivity index (χ0v) is 55.8. The largest absolute Gasteiger partial charge is 0.395 e. The van der Waals surface area contributed by atoms with Crippen molar-refractivity contribution in [3.63, 3.8) is 0 Å². The van der Waals surface area contributed by atoms with Gasteiger partial charge in [0, 0.05) is 169 Å². The smallest absolute Gasteiger partial charge is 0.232 e. The Morgan fingerprint density at radius 2 is 0.614 bits per heavy atom. The molecule has 0 atom stereocenters. The van der Waals surface area contributed by atoms with E-state index in [-0.39, 0.29) is 75.1 Å². The van der Waals surface area contributed by atoms with Gasteiger partial charge in [0.25, 0.3) is 0 Å². The Kier molecular flexibility index (Phi) is 23.6. The molecule has 0 unspecified atom stereocenters. The number of hydrogen-bond donors (Lipinski definition) is 6. The zero-order valence-electron chi connectivity index (χ0n) is 55.8. The minimum Gasteiger partial charge on any atom is -0.395 e. The molecule has 0 spiro atoms. The number of anilines is 6. The number of aliphatic hydroxyl groups is 1. The quantitative estimate of drug-likeness (QED) is 0.0402. The SMILES string of the molecule is COCCCN(c1nc(NCCN(CCO)c2nc(N(CCCOC)C3CC(C)(C)NC(C)(C)C3)nc(N(CCCOC)C3CC(C)(C)NC(C)(C)C3)n2)nc(N(CCCOC)C2CC(C)(C)NC(C)(C)C2)n1)C1CC(C)(C)NC(C)(C)C1. The Morgan fingerprint density at radius 1 is 0.373 bits per heavy atom. The molecule has 6 heterocycles. The summed E-state index contributed by atoms with van der Waals surface area (Å²) in [5.41, 5.74) is -0.978. The lowest BCUT2D eigenvalue weighted by Gasteiger charge is -2.50. The van der Waals surface area contributed by atoms with E-state index in [1.165, 1.54) is 0 Å². The van der Waals surface area contributed by atoms with E-state index in [1.807, 2.05) is 0 Å². The summed E-state index contributed by atoms with van der Waals surface area (Å²) in [6, 6.07) is 0.568. The first-order valence-electron chi connectivity index (χ1n) is 31.5. The highest BCUT2D eigenvalue weighted by atomic mass is 16.5. The minimum atomic E-state index is -0.129. The van der Waals surface area contributed by atoms with Crippen LogP contribution in [0, 0.1) is 0 Å². The Balaban J connectivity index is 1.48. The molecule has 21 nitrogen and oxygen atoms in total. The molecule has 0 amide bonds. The standard InChI is InChI=1S/C62H118N16O5/c1-55(2)37-45(38-56(3,4)70-55)75(26-21-33-80-17)51-64-49(65-52(68-51)76(27-22-34-81-18)46-39-57(5,6)71-58(7,8)40-46)63-25-30-74(31-32-79)50-66-53(77(28-23-35-82-19)47-41-59(9,10)72-60(11,12)42-47)69-54(67-50)78(29-24-36-83-20)48-43-61(13,14)73-62(15,16)44-48/h45-48,70-73,79H,21-44H2,1-20H3,(H,63,64,65,68). The lowest BCUT2D eigenvalue weighted by atomic mass is 9.79. The highest BCUT2D eigenvalue weighted by Gasteiger charge is 2.46. The van der Waals surface area contributed by atoms with Crippen LogP contribution in [0.2, 0.25) is 0 Å². The molecule has 4 saturated heterocycles. The molecule has 0 aliphatic carbocycles. The van der Waals surface area contributed by atoms with Crippen molar-refractivity contribution in [1.82, 2.24) is 51.2 Å². The molecule has 0 radical (unpaired) electrons. The van der Waals surface area contributed by atoms with Crippen LogP contribution >= 0.6 is 0 Å². The van der Waals surface area contributed by atoms with Gasteiger partial charge in [0.15, 0.2) is 0 Å². The van der Waals surface area contributed by atoms with Crippen LogP contribution in [0.3, 0.4) is 0 Å². The van der Waals surface area contributed by atoms with Gasteiger partial charge < -0.3 is 75.1 Å². The van der Waals surface area contributed by atoms with Crippen molar-refractivity contribution in [2.24, 2.45) is 0 Å². The predicted molar refractivity (Wildman–Crippen MR) is 340 cm³/mol. The number of methoxy groups -OCH3 is 4. The molecule has 2 aromatic rings. The van der Waals surface area contributed by atoms with Gasteiger partial charge in [0.05, 0.1) is 6.61 Å². The van der Waals surface area contributed by atoms with E-state index in [0.717, 1.165) is 90.1 Å². The number of aliphatic hydroxyl groups excluding tert-OH is 1. The molecule has 0 aromatic carbocycles. The van der Waals surface area contributed by atoms with Crippen molar-refractivity contribution >= 4 is 35.7 Å². The van der Waals surface area contributed by atoms with Gasteiger partial charge in [-0.05, 0) is 188 Å². The number of nitrogens with zero attached hydrogens (tertiary/aromatic N) is 11. The van der Waals surface area contributed by atoms with Crippen molar-refractivity contribution in [2.45, 2.75) is 256 Å². The summed E-state index contributed by atoms with van der Waals surface area (Å²) in [7, 11) is 7.07. The van der Waals surface area contributed by atoms with Crippen LogP contribution in [0.25, 0.3) is 0 Å². The van der Waals surface area contributed by atoms with Crippen LogP contribution in [0.4, 0.5) is 35.7 Å². The molecule has 4 fully saturated rings. The van der Waals surface area contributed by atoms with Crippen molar-refractivity contribution in [3.05, 3.63) is 0 Å². The van der Waals surface area contributed by atoms with E-state index in [2.05, 4.69) is 162 Å². The minimum absolute atomic E-state index is 0.0996. The molecule has 0 saturated carbocycles. The average Bonchev–Trinajstić information content (AvgIpc) is 3.54. The van der Waals surface area contributed by atoms with Gasteiger partial charge in [0.2, 0.25) is 35.7 Å². The molecule has 21 heteroatoms. The van der Waals surface area contributed by atoms with E-state index in [9.17, 15) is 5.11 Å². The molecule has 83 heavy (non-hydrogen) atoms. The van der Waals surface area contributed by atoms with Gasteiger partial charge in [-0.3, -0.25) is 0 Å². The van der Waals surface area contributed by atoms with Gasteiger partial charge in [-0.2, -0.15) is 29.9 Å². The Bertz CT molecular complexity index is 2110. The second-order valence-corrected chi connectivity index (χ2v) is 30.1. The fraction of sp³-hybridized carbons (Fsp3) is 0.903. The third-order valence-electron chi connectivity index (χ3n) is 17.0. The van der Waals surface area contributed by atoms with Crippen LogP contribution in [0.5, 0.6) is 0 Å². The first-order chi connectivity index (χ1) is 38.7. The number of hydrogen-bond acceptors (Lipinski definition) is 21. The van der Waals surface area contributed by atoms with E-state index >= 15 is 0 Å². The molecule has 476 valence electrons. The number of ether oxygens (including phenoxy) is 4. The Labute approximate surface area is 502 Å². The van der Waals surface area contributed by atoms with Crippen molar-refractivity contribution in [2.75, 3.05) is 137 Å². The van der Waals surface area contributed by atoms with Crippen LogP contribution < -0.4 is 51.1 Å². The van der Waals surface area contributed by atoms with Gasteiger partial charge in [-0.25, -0.2) is 0 Å². The molecule has 4 aliphatic heterocycles. The fourth-order valence-electron chi connectivity index (χ4n) is 15.4. The monoisotopic (exact) mass is 1170 g/mol. The maximum atomic E-state index is 11.0. The second-order valence-electron chi connectivity index (χ2n) is 30.1. The Hall–Kier alpha value is -3.54. The summed E-state index contributed by atoms with van der Waals surface area (Å²) >= 11 is 0. The van der Waals surface area contributed by atoms with Gasteiger partial charge in [-0.15, -0.1) is 0 Å². The summed E-state index contributed by atoms with van der Waals surface area (Å²) in [6.45, 7) is 43.2. The molecule has 2 aromatic heterocycles. The van der Waals surface area contributed by atoms with E-state index in [4.69, 9.17) is 48.9 Å². The number of aromatic nitrogens is 6. The van der Waals surface area contributed by atoms with Gasteiger partial charge in [-0.1, -0.05) is 0 Å². The molecular weight excluding hydrogens is 1050 g/mol. The highest BCUT2D eigenvalue weighted by molar-refractivity contribution is 5.50. The summed E-state index contributed by atoms with van der Waals surface area (Å²) in [4.78, 5) is 44.7. The number of piperidine rings is 4. The third-order valence-corrected chi connectivity index (χ3v) is 17.0. The van der Waals surface area contributed by atoms with Crippen LogP contribution in [-0.4, -0.2) is 211 Å². The maximum Gasteiger partial charge on any atom is 0.232 e. The lowest BCUT2D eigenvalue weighted by molar-refractivity contribution is 0.153. The lowest BCUT2D eigenvalue weighted by Crippen LogP contribution is -2.63. The first-order valence-corrected chi connectivity index (χ1v) is 31.5. The van der Waals surface area contributed by atoms with Gasteiger partial charge >= 0.3 is 0 Å². The van der Waals surface area contributed by atoms with E-state index in [1.54, 1.807) is 28.4 Å². The molecular formula is C62H118N16O5. The average molecular weight is 1170 g/mol. The van der Waals surface area contributed by atoms with Crippen molar-refractivity contribution < 1.29 is 24.1 Å². The second kappa shape index (κ2) is 28.5. The predicted octanol–water partition coefficient (Wildman–Crippen LogP) is 7.58. The first kappa shape index (κ1) is 68.6. The summed E-state index contributed by atoms with van der Waals surface area (Å²) in [5.74, 6) is 3.62. The third kappa shape index (κ3) is 20.5. The topological polar surface area (TPSA) is 211 Å². The molecule has 6 N–H and O–H groups in total. The van der Waals surface area contributed by atoms with Crippen LogP contribution in [0.15, 0.2) is 0 Å². The molecule has 6 rings (SSSR count). The maximum absolute atomic E-state index is 11.0. The molecule has 0 bridgehead atoms. The van der Waals surface area contributed by atoms with Crippen molar-refractivity contribution in [3.8, 4) is 0 Å². The van der Waals surface area contributed by atoms with Crippen molar-refractivity contribution in [1.29, 1.82) is 0 Å². The molecule has 4 aliphatic rings. The number of nitrogens with one attached hydrogen (secondary N) is 5. The summed E-state index contributed by atoms with van der Waals surface area (Å²) in [6.07, 6.45) is 10.5. The van der Waals surface area contributed by atoms with E-state index < -0.39 is 0 Å². The highest BCUT2D eigenvalue weighted by Crippen LogP contribution is 2.39. The van der Waals surface area contributed by atoms with E-state index in [0.29, 0.717) is 94.8 Å². The normalized spacial score (nSPS) is 22.0. The zero-order chi connectivity index (χ0) is 61.2. The Morgan fingerprint density at radius 3 is 0.855 bits per heavy atom. The summed E-state index contributed by atoms with van der Waals surface area (Å²) < 4.78 is 22.7. The van der Waals surface area contributed by atoms with Crippen LogP contribution in [-0.2, 0) is 18.9 Å². The summed E-state index contributed by atoms with van der Waals surface area (Å²) in [5, 5.41) is 30.4. The fourth-order valence-corrected chi connectivity index (χ4v) is 15.4. The van der Waals surface area contributed by atoms with Gasteiger partial charge in [0.1, 0.15) is 0 Å².